The van der Waals surface area contributed by atoms with Gasteiger partial charge in [-0.3, -0.25) is 67.1 Å². The maximum Gasteiger partial charge on any atom is 0.326 e. The zero-order chi connectivity index (χ0) is 83.2. The molecule has 40 heteroatoms. The Morgan fingerprint density at radius 3 is 1.55 bits per heavy atom. The SMILES string of the molecule is CC(C)C[C@H](NC(=O)[C@H](CS)NC(=O)[C@H](CO)NC(=O)[C@@H](N)Cc1ccccc1)C(=O)N[C@@H](CO)C(=O)N[C@@H](CC(C)C)C(=O)N1CCC[C@H]1C(=O)N[C@@H](CO)C(=O)N[C@@H](CO)C(=O)N[C@@H](Cc1c[nH]c2ccccc12)C(=O)N[C@@H](CC(=O)O)C(=O)N[C@@H](Cc1ccc(O)cc1)C(=O)NCC(=O)N[C@@H](Cc1c[nH]cn1)C(=O)O. The number of aromatic hydroxyl groups is 1. The third kappa shape index (κ3) is 28.0. The van der Waals surface area contributed by atoms with Crippen molar-refractivity contribution in [3.63, 3.8) is 0 Å². The Labute approximate surface area is 653 Å². The number of para-hydroxylation sites is 1. The molecule has 5 aromatic rings. The number of likely N-dealkylation sites (tertiary alicyclic amines) is 1. The molecule has 113 heavy (non-hydrogen) atoms. The molecule has 0 radical (unpaired) electrons. The van der Waals surface area contributed by atoms with Crippen molar-refractivity contribution in [1.82, 2.24) is 83.7 Å². The van der Waals surface area contributed by atoms with Crippen molar-refractivity contribution in [2.75, 3.05) is 45.3 Å². The topological polar surface area (TPSA) is 616 Å². The Kier molecular flexibility index (Phi) is 35.5. The number of nitrogens with two attached hydrogens (primary N) is 1. The van der Waals surface area contributed by atoms with Gasteiger partial charge in [-0.1, -0.05) is 88.4 Å². The summed E-state index contributed by atoms with van der Waals surface area (Å²) in [4.78, 5) is 216. The first kappa shape index (κ1) is 90.3. The summed E-state index contributed by atoms with van der Waals surface area (Å²) in [6.45, 7) is 1.69. The number of nitrogens with one attached hydrogen (secondary N) is 14. The minimum Gasteiger partial charge on any atom is -0.508 e. The monoisotopic (exact) mass is 1600 g/mol. The van der Waals surface area contributed by atoms with E-state index in [2.05, 4.69) is 91.4 Å². The number of phenolic OH excluding ortho intramolecular Hbond substituents is 1. The average molecular weight is 1600 g/mol. The Hall–Kier alpha value is -11.6. The first-order chi connectivity index (χ1) is 53.8. The lowest BCUT2D eigenvalue weighted by Gasteiger charge is -2.31. The quantitative estimate of drug-likeness (QED) is 0.0161. The molecule has 0 saturated carbocycles. The number of hydrogen-bond acceptors (Lipinski definition) is 23. The number of carbonyl (C=O) groups excluding carboxylic acids is 13. The number of thiol groups is 1. The molecule has 6 rings (SSSR count). The summed E-state index contributed by atoms with van der Waals surface area (Å²) in [5.41, 5.74) is 8.34. The van der Waals surface area contributed by atoms with E-state index < -0.39 is 213 Å². The van der Waals surface area contributed by atoms with Gasteiger partial charge >= 0.3 is 11.9 Å². The van der Waals surface area contributed by atoms with Crippen LogP contribution in [0.15, 0.2) is 97.6 Å². The van der Waals surface area contributed by atoms with Crippen LogP contribution in [0, 0.1) is 11.8 Å². The molecule has 0 spiro atoms. The molecule has 614 valence electrons. The van der Waals surface area contributed by atoms with E-state index >= 15 is 0 Å². The van der Waals surface area contributed by atoms with Crippen molar-refractivity contribution in [3.8, 4) is 5.75 Å². The number of carbonyl (C=O) groups is 15. The van der Waals surface area contributed by atoms with Crippen LogP contribution < -0.4 is 69.5 Å². The third-order valence-corrected chi connectivity index (χ3v) is 18.4. The molecule has 1 aliphatic rings. The molecule has 23 N–H and O–H groups in total. The molecule has 1 aliphatic heterocycles. The van der Waals surface area contributed by atoms with E-state index in [9.17, 15) is 108 Å². The number of rotatable bonds is 45. The maximum absolute atomic E-state index is 14.6. The van der Waals surface area contributed by atoms with Crippen LogP contribution in [0.25, 0.3) is 10.9 Å². The van der Waals surface area contributed by atoms with Gasteiger partial charge in [-0.05, 0) is 78.8 Å². The van der Waals surface area contributed by atoms with Gasteiger partial charge in [0, 0.05) is 54.9 Å². The first-order valence-electron chi connectivity index (χ1n) is 36.3. The van der Waals surface area contributed by atoms with Crippen molar-refractivity contribution in [2.24, 2.45) is 17.6 Å². The summed E-state index contributed by atoms with van der Waals surface area (Å²) in [7, 11) is 0. The van der Waals surface area contributed by atoms with Gasteiger partial charge in [-0.15, -0.1) is 0 Å². The number of hydrogen-bond donors (Lipinski definition) is 23. The highest BCUT2D eigenvalue weighted by Gasteiger charge is 2.42. The van der Waals surface area contributed by atoms with Crippen LogP contribution >= 0.6 is 12.6 Å². The van der Waals surface area contributed by atoms with Gasteiger partial charge in [-0.2, -0.15) is 12.6 Å². The number of aliphatic hydroxyl groups excluding tert-OH is 4. The number of imidazole rings is 1. The molecule has 1 saturated heterocycles. The number of nitrogens with zero attached hydrogens (tertiary/aromatic N) is 2. The van der Waals surface area contributed by atoms with Crippen molar-refractivity contribution < 1.29 is 108 Å². The van der Waals surface area contributed by atoms with E-state index in [0.717, 1.165) is 10.5 Å². The third-order valence-electron chi connectivity index (χ3n) is 18.0. The number of aliphatic hydroxyl groups is 4. The van der Waals surface area contributed by atoms with Crippen molar-refractivity contribution in [2.45, 2.75) is 164 Å². The van der Waals surface area contributed by atoms with Gasteiger partial charge in [-0.25, -0.2) is 9.78 Å². The minimum absolute atomic E-state index is 0.0168. The van der Waals surface area contributed by atoms with Crippen LogP contribution in [-0.2, 0) is 97.6 Å². The van der Waals surface area contributed by atoms with Gasteiger partial charge in [0.25, 0.3) is 0 Å². The molecule has 13 atom stereocenters. The summed E-state index contributed by atoms with van der Waals surface area (Å²) in [6.07, 6.45) is 2.20. The number of carboxylic acids is 2. The molecular formula is C73H99N17O22S. The second-order valence-electron chi connectivity index (χ2n) is 27.7. The molecule has 13 amide bonds. The standard InChI is InChI=1S/C73H99N17O22S/c1-37(2)21-47(80-70(108)57(35-113)89-69(107)53(31-91)85-61(99)45(74)23-39-11-6-5-7-12-39)63(101)86-55(33-93)67(105)84-51(22-38(3)4)72(110)90-20-10-15-58(90)71(109)88-56(34-94)68(106)87-54(32-92)66(104)82-49(25-41-28-76-46-14-9-8-13-44(41)46)64(102)83-50(27-60(97)98)65(103)81-48(24-40-16-18-43(95)19-17-40)62(100)77-30-59(96)79-52(73(111)112)26-42-29-75-36-78-42/h5-9,11-14,16-19,28-29,36-38,45,47-58,76,91-95,113H,10,15,20-27,30-35,74H2,1-4H3,(H,75,78)(H,77,100)(H,79,96)(H,80,108)(H,81,103)(H,82,104)(H,83,102)(H,84,105)(H,85,99)(H,86,101)(H,87,106)(H,88,109)(H,89,107)(H,97,98)(H,111,112)/t45-,47-,48-,49-,50-,51-,52-,53-,54-,55-,56-,57-,58-/m0/s1. The van der Waals surface area contributed by atoms with Crippen LogP contribution in [0.1, 0.15) is 82.2 Å². The summed E-state index contributed by atoms with van der Waals surface area (Å²) in [5.74, 6) is -17.8. The second-order valence-corrected chi connectivity index (χ2v) is 28.1. The predicted molar refractivity (Wildman–Crippen MR) is 404 cm³/mol. The fourth-order valence-electron chi connectivity index (χ4n) is 12.1. The van der Waals surface area contributed by atoms with E-state index in [-0.39, 0.29) is 74.8 Å². The molecule has 39 nitrogen and oxygen atoms in total. The van der Waals surface area contributed by atoms with E-state index in [4.69, 9.17) is 5.73 Å². The highest BCUT2D eigenvalue weighted by Crippen LogP contribution is 2.23. The average Bonchev–Trinajstić information content (AvgIpc) is 1.47. The Bertz CT molecular complexity index is 4110. The van der Waals surface area contributed by atoms with E-state index in [1.54, 1.807) is 82.3 Å². The smallest absolute Gasteiger partial charge is 0.326 e. The number of aromatic amines is 2. The molecule has 2 aromatic heterocycles. The van der Waals surface area contributed by atoms with Crippen LogP contribution in [0.5, 0.6) is 5.75 Å². The lowest BCUT2D eigenvalue weighted by molar-refractivity contribution is -0.143. The number of phenols is 1. The lowest BCUT2D eigenvalue weighted by Crippen LogP contribution is -2.62. The van der Waals surface area contributed by atoms with Gasteiger partial charge in [0.2, 0.25) is 76.8 Å². The van der Waals surface area contributed by atoms with Crippen LogP contribution in [-0.4, -0.2) is 268 Å². The highest BCUT2D eigenvalue weighted by atomic mass is 32.1. The Morgan fingerprint density at radius 1 is 0.513 bits per heavy atom. The molecule has 3 heterocycles. The number of benzene rings is 3. The number of aromatic nitrogens is 3. The van der Waals surface area contributed by atoms with Gasteiger partial charge < -0.3 is 120 Å². The Balaban J connectivity index is 1.11. The zero-order valence-corrected chi connectivity index (χ0v) is 63.3. The van der Waals surface area contributed by atoms with E-state index in [1.807, 2.05) is 0 Å². The molecule has 1 fully saturated rings. The van der Waals surface area contributed by atoms with Crippen LogP contribution in [0.3, 0.4) is 0 Å². The summed E-state index contributed by atoms with van der Waals surface area (Å²) >= 11 is 4.19. The van der Waals surface area contributed by atoms with E-state index in [0.29, 0.717) is 27.7 Å². The molecule has 0 aliphatic carbocycles. The fourth-order valence-corrected chi connectivity index (χ4v) is 12.4. The molecule has 0 bridgehead atoms. The highest BCUT2D eigenvalue weighted by molar-refractivity contribution is 7.80. The first-order valence-corrected chi connectivity index (χ1v) is 36.9. The normalized spacial score (nSPS) is 15.8. The number of H-pyrrole nitrogens is 2. The van der Waals surface area contributed by atoms with Crippen molar-refractivity contribution in [1.29, 1.82) is 0 Å². The largest absolute Gasteiger partial charge is 0.508 e. The summed E-state index contributed by atoms with van der Waals surface area (Å²) in [6, 6.07) is -0.151. The molecule has 0 unspecified atom stereocenters. The number of aliphatic carboxylic acids is 2. The molecular weight excluding hydrogens is 1500 g/mol. The van der Waals surface area contributed by atoms with Crippen molar-refractivity contribution in [3.05, 3.63) is 120 Å². The Morgan fingerprint density at radius 2 is 0.991 bits per heavy atom. The second kappa shape index (κ2) is 44.5. The predicted octanol–water partition coefficient (Wildman–Crippen LogP) is -5.82. The van der Waals surface area contributed by atoms with E-state index in [1.165, 1.54) is 43.0 Å². The van der Waals surface area contributed by atoms with Crippen LogP contribution in [0.4, 0.5) is 0 Å². The van der Waals surface area contributed by atoms with Gasteiger partial charge in [0.05, 0.1) is 57.5 Å². The van der Waals surface area contributed by atoms with Gasteiger partial charge in [0.15, 0.2) is 0 Å². The number of fused-ring (bicyclic) bond motifs is 1. The minimum atomic E-state index is -2.04. The van der Waals surface area contributed by atoms with Gasteiger partial charge in [0.1, 0.15) is 78.3 Å². The fraction of sp³-hybridized carbons (Fsp3) is 0.479. The lowest BCUT2D eigenvalue weighted by atomic mass is 10.0. The zero-order valence-electron chi connectivity index (χ0n) is 62.4. The summed E-state index contributed by atoms with van der Waals surface area (Å²) < 4.78 is 0. The van der Waals surface area contributed by atoms with Crippen LogP contribution in [0.2, 0.25) is 0 Å². The molecule has 3 aromatic carbocycles. The number of carboxylic acid groups (broad SMARTS) is 2. The van der Waals surface area contributed by atoms with Crippen molar-refractivity contribution >= 4 is 112 Å². The number of amides is 13. The maximum atomic E-state index is 14.6. The summed E-state index contributed by atoms with van der Waals surface area (Å²) in [5, 5.41) is 100.